The molecule has 7 heteroatoms. The van der Waals surface area contributed by atoms with E-state index in [4.69, 9.17) is 0 Å². The van der Waals surface area contributed by atoms with Gasteiger partial charge in [-0.15, -0.1) is 0 Å². The molecule has 1 aliphatic rings. The predicted octanol–water partition coefficient (Wildman–Crippen LogP) is 3.85. The van der Waals surface area contributed by atoms with Gasteiger partial charge in [0.25, 0.3) is 11.1 Å². The minimum absolute atomic E-state index is 0.220. The summed E-state index contributed by atoms with van der Waals surface area (Å²) in [5.41, 5.74) is 2.54. The van der Waals surface area contributed by atoms with Crippen LogP contribution < -0.4 is 5.32 Å². The molecule has 6 nitrogen and oxygen atoms in total. The number of anilines is 1. The molecule has 134 valence electrons. The Balaban J connectivity index is 1.60. The number of amides is 3. The second-order valence-corrected chi connectivity index (χ2v) is 7.21. The average molecular weight is 377 g/mol. The van der Waals surface area contributed by atoms with E-state index >= 15 is 0 Å². The van der Waals surface area contributed by atoms with Crippen molar-refractivity contribution in [2.24, 2.45) is 0 Å². The molecule has 1 atom stereocenters. The van der Waals surface area contributed by atoms with Gasteiger partial charge in [0.2, 0.25) is 5.91 Å². The number of pyridine rings is 1. The highest BCUT2D eigenvalue weighted by atomic mass is 32.2. The lowest BCUT2D eigenvalue weighted by atomic mass is 10.1. The van der Waals surface area contributed by atoms with Crippen LogP contribution in [0, 0.1) is 0 Å². The van der Waals surface area contributed by atoms with Gasteiger partial charge in [0.15, 0.2) is 0 Å². The lowest BCUT2D eigenvalue weighted by Crippen LogP contribution is -2.24. The van der Waals surface area contributed by atoms with Crippen molar-refractivity contribution >= 4 is 45.4 Å². The van der Waals surface area contributed by atoms with Crippen LogP contribution >= 0.6 is 11.8 Å². The summed E-state index contributed by atoms with van der Waals surface area (Å²) in [6.07, 6.45) is 1.59. The summed E-state index contributed by atoms with van der Waals surface area (Å²) in [4.78, 5) is 41.8. The van der Waals surface area contributed by atoms with Gasteiger partial charge in [0.05, 0.1) is 5.52 Å². The molecule has 1 N–H and O–H groups in total. The molecule has 1 aliphatic heterocycles. The van der Waals surface area contributed by atoms with E-state index in [2.05, 4.69) is 10.3 Å². The third-order valence-electron chi connectivity index (χ3n) is 4.35. The highest BCUT2D eigenvalue weighted by Gasteiger charge is 2.38. The maximum Gasteiger partial charge on any atom is 0.289 e. The van der Waals surface area contributed by atoms with Gasteiger partial charge in [0, 0.05) is 29.9 Å². The number of imide groups is 1. The molecule has 0 saturated carbocycles. The first-order valence-electron chi connectivity index (χ1n) is 8.27. The van der Waals surface area contributed by atoms with E-state index in [-0.39, 0.29) is 17.1 Å². The van der Waals surface area contributed by atoms with Crippen molar-refractivity contribution in [1.29, 1.82) is 0 Å². The van der Waals surface area contributed by atoms with Gasteiger partial charge in [-0.25, -0.2) is 0 Å². The Bertz CT molecular complexity index is 1070. The number of likely N-dealkylation sites (N-methyl/N-ethyl adjacent to an activating group) is 1. The van der Waals surface area contributed by atoms with Crippen molar-refractivity contribution in [3.05, 3.63) is 71.9 Å². The highest BCUT2D eigenvalue weighted by Crippen LogP contribution is 2.38. The molecule has 1 saturated heterocycles. The zero-order chi connectivity index (χ0) is 19.0. The van der Waals surface area contributed by atoms with Crippen molar-refractivity contribution in [3.8, 4) is 0 Å². The zero-order valence-corrected chi connectivity index (χ0v) is 15.2. The number of carbonyl (C=O) groups excluding carboxylic acids is 3. The number of thioether (sulfide) groups is 1. The number of carbonyl (C=O) groups is 3. The van der Waals surface area contributed by atoms with Crippen molar-refractivity contribution in [3.63, 3.8) is 0 Å². The van der Waals surface area contributed by atoms with Crippen LogP contribution in [0.25, 0.3) is 10.9 Å². The predicted molar refractivity (Wildman–Crippen MR) is 105 cm³/mol. The molecular formula is C20H15N3O3S. The molecule has 4 rings (SSSR count). The Morgan fingerprint density at radius 3 is 2.59 bits per heavy atom. The Kier molecular flexibility index (Phi) is 4.37. The Hall–Kier alpha value is -3.19. The lowest BCUT2D eigenvalue weighted by molar-refractivity contribution is -0.125. The van der Waals surface area contributed by atoms with E-state index in [1.54, 1.807) is 24.4 Å². The molecule has 0 aliphatic carbocycles. The van der Waals surface area contributed by atoms with Crippen LogP contribution in [0.1, 0.15) is 21.2 Å². The molecule has 3 amide bonds. The number of para-hydroxylation sites is 1. The monoisotopic (exact) mass is 377 g/mol. The van der Waals surface area contributed by atoms with Crippen LogP contribution in [0.15, 0.2) is 60.8 Å². The summed E-state index contributed by atoms with van der Waals surface area (Å²) in [6.45, 7) is 0. The fourth-order valence-corrected chi connectivity index (χ4v) is 3.83. The first-order chi connectivity index (χ1) is 13.0. The van der Waals surface area contributed by atoms with Crippen molar-refractivity contribution in [1.82, 2.24) is 9.88 Å². The van der Waals surface area contributed by atoms with Crippen molar-refractivity contribution < 1.29 is 14.4 Å². The number of hydrogen-bond donors (Lipinski definition) is 1. The fraction of sp³-hybridized carbons (Fsp3) is 0.100. The highest BCUT2D eigenvalue weighted by molar-refractivity contribution is 8.14. The first-order valence-corrected chi connectivity index (χ1v) is 9.15. The number of hydrogen-bond acceptors (Lipinski definition) is 5. The number of rotatable bonds is 3. The molecule has 27 heavy (non-hydrogen) atoms. The molecule has 2 heterocycles. The summed E-state index contributed by atoms with van der Waals surface area (Å²) in [6, 6.07) is 16.3. The Morgan fingerprint density at radius 1 is 1.11 bits per heavy atom. The summed E-state index contributed by atoms with van der Waals surface area (Å²) >= 11 is 0.986. The van der Waals surface area contributed by atoms with Crippen molar-refractivity contribution in [2.45, 2.75) is 5.25 Å². The van der Waals surface area contributed by atoms with E-state index in [1.165, 1.54) is 7.05 Å². The number of benzene rings is 2. The molecule has 0 bridgehead atoms. The van der Waals surface area contributed by atoms with Crippen molar-refractivity contribution in [2.75, 3.05) is 12.4 Å². The molecule has 0 radical (unpaired) electrons. The zero-order valence-electron chi connectivity index (χ0n) is 14.4. The lowest BCUT2D eigenvalue weighted by Gasteiger charge is -2.09. The fourth-order valence-electron chi connectivity index (χ4n) is 2.85. The van der Waals surface area contributed by atoms with Crippen LogP contribution in [-0.2, 0) is 4.79 Å². The molecule has 1 fully saturated rings. The van der Waals surface area contributed by atoms with E-state index in [9.17, 15) is 14.4 Å². The summed E-state index contributed by atoms with van der Waals surface area (Å²) in [5.74, 6) is -0.465. The number of nitrogens with one attached hydrogen (secondary N) is 1. The first kappa shape index (κ1) is 17.2. The maximum atomic E-state index is 12.4. The second-order valence-electron chi connectivity index (χ2n) is 6.16. The molecule has 1 unspecified atom stereocenters. The smallest absolute Gasteiger partial charge is 0.289 e. The number of aromatic nitrogens is 1. The van der Waals surface area contributed by atoms with Gasteiger partial charge >= 0.3 is 0 Å². The topological polar surface area (TPSA) is 79.4 Å². The van der Waals surface area contributed by atoms with Crippen LogP contribution in [0.2, 0.25) is 0 Å². The van der Waals surface area contributed by atoms with E-state index in [0.29, 0.717) is 16.6 Å². The van der Waals surface area contributed by atoms with Gasteiger partial charge in [-0.05, 0) is 47.7 Å². The normalized spacial score (nSPS) is 16.8. The van der Waals surface area contributed by atoms with Crippen LogP contribution in [-0.4, -0.2) is 34.0 Å². The standard InChI is InChI=1S/C20H15N3O3S/c1-23-19(25)17(27-20(23)26)14-9-12-7-8-13(10-16(12)21-11-14)18(24)22-15-5-3-2-4-6-15/h2-11,17H,1H3,(H,22,24). The van der Waals surface area contributed by atoms with Crippen LogP contribution in [0.4, 0.5) is 10.5 Å². The van der Waals surface area contributed by atoms with Gasteiger partial charge in [-0.3, -0.25) is 24.3 Å². The molecule has 3 aromatic rings. The van der Waals surface area contributed by atoms with Crippen LogP contribution in [0.3, 0.4) is 0 Å². The van der Waals surface area contributed by atoms with Crippen LogP contribution in [0.5, 0.6) is 0 Å². The maximum absolute atomic E-state index is 12.4. The molecule has 2 aromatic carbocycles. The minimum atomic E-state index is -0.569. The van der Waals surface area contributed by atoms with Gasteiger partial charge in [0.1, 0.15) is 5.25 Å². The third-order valence-corrected chi connectivity index (χ3v) is 5.53. The summed E-state index contributed by atoms with van der Waals surface area (Å²) < 4.78 is 0. The second kappa shape index (κ2) is 6.85. The van der Waals surface area contributed by atoms with Gasteiger partial charge in [-0.2, -0.15) is 0 Å². The third kappa shape index (κ3) is 3.29. The largest absolute Gasteiger partial charge is 0.322 e. The van der Waals surface area contributed by atoms with E-state index < -0.39 is 5.25 Å². The Morgan fingerprint density at radius 2 is 1.89 bits per heavy atom. The molecule has 0 spiro atoms. The number of fused-ring (bicyclic) bond motifs is 1. The SMILES string of the molecule is CN1C(=O)SC(c2cnc3cc(C(=O)Nc4ccccc4)ccc3c2)C1=O. The van der Waals surface area contributed by atoms with E-state index in [0.717, 1.165) is 27.7 Å². The van der Waals surface area contributed by atoms with Gasteiger partial charge < -0.3 is 5.32 Å². The Labute approximate surface area is 159 Å². The minimum Gasteiger partial charge on any atom is -0.322 e. The van der Waals surface area contributed by atoms with Gasteiger partial charge in [-0.1, -0.05) is 24.3 Å². The molecular weight excluding hydrogens is 362 g/mol. The average Bonchev–Trinajstić information content (AvgIpc) is 2.95. The summed E-state index contributed by atoms with van der Waals surface area (Å²) in [5, 5.41) is 2.81. The summed E-state index contributed by atoms with van der Waals surface area (Å²) in [7, 11) is 1.48. The van der Waals surface area contributed by atoms with E-state index in [1.807, 2.05) is 36.4 Å². The number of nitrogens with zero attached hydrogens (tertiary/aromatic N) is 2. The quantitative estimate of drug-likeness (QED) is 0.750. The molecule has 1 aromatic heterocycles.